The van der Waals surface area contributed by atoms with Crippen LogP contribution in [-0.2, 0) is 9.53 Å². The molecule has 0 aromatic heterocycles. The van der Waals surface area contributed by atoms with Crippen LogP contribution >= 0.6 is 0 Å². The number of ether oxygens (including phenoxy) is 1. The van der Waals surface area contributed by atoms with Crippen molar-refractivity contribution in [3.05, 3.63) is 0 Å². The molecule has 3 heteroatoms. The Balaban J connectivity index is 2.19. The minimum absolute atomic E-state index is 0.0730. The number of hydrogen-bond acceptors (Lipinski definition) is 3. The van der Waals surface area contributed by atoms with Gasteiger partial charge in [0, 0.05) is 6.42 Å². The Bertz CT molecular complexity index is 306. The average molecular weight is 326 g/mol. The van der Waals surface area contributed by atoms with E-state index in [-0.39, 0.29) is 5.97 Å². The minimum Gasteiger partial charge on any atom is -0.469 e. The van der Waals surface area contributed by atoms with Gasteiger partial charge in [0.1, 0.15) is 0 Å². The Morgan fingerprint density at radius 1 is 0.957 bits per heavy atom. The summed E-state index contributed by atoms with van der Waals surface area (Å²) >= 11 is 0. The molecule has 0 amide bonds. The van der Waals surface area contributed by atoms with Crippen molar-refractivity contribution in [1.29, 1.82) is 0 Å². The largest absolute Gasteiger partial charge is 0.469 e. The zero-order chi connectivity index (χ0) is 16.9. The van der Waals surface area contributed by atoms with Crippen molar-refractivity contribution in [2.75, 3.05) is 13.7 Å². The van der Waals surface area contributed by atoms with Gasteiger partial charge in [-0.2, -0.15) is 0 Å². The van der Waals surface area contributed by atoms with E-state index in [4.69, 9.17) is 5.73 Å². The van der Waals surface area contributed by atoms with Crippen LogP contribution in [0.15, 0.2) is 0 Å². The van der Waals surface area contributed by atoms with E-state index in [2.05, 4.69) is 11.7 Å². The molecule has 23 heavy (non-hydrogen) atoms. The molecule has 0 aromatic carbocycles. The molecular formula is C20H39NO2. The lowest BCUT2D eigenvalue weighted by molar-refractivity contribution is -0.140. The predicted octanol–water partition coefficient (Wildman–Crippen LogP) is 5.07. The zero-order valence-corrected chi connectivity index (χ0v) is 15.5. The Morgan fingerprint density at radius 3 is 2.30 bits per heavy atom. The van der Waals surface area contributed by atoms with Crippen LogP contribution in [0.1, 0.15) is 90.4 Å². The summed E-state index contributed by atoms with van der Waals surface area (Å²) in [4.78, 5) is 11.1. The Labute approximate surface area is 143 Å². The first-order chi connectivity index (χ1) is 11.2. The quantitative estimate of drug-likeness (QED) is 0.380. The fourth-order valence-corrected chi connectivity index (χ4v) is 4.30. The maximum Gasteiger partial charge on any atom is 0.305 e. The number of esters is 1. The molecular weight excluding hydrogens is 286 g/mol. The second-order valence-electron chi connectivity index (χ2n) is 7.38. The molecule has 1 saturated carbocycles. The van der Waals surface area contributed by atoms with E-state index in [1.54, 1.807) is 0 Å². The molecule has 1 fully saturated rings. The first-order valence-corrected chi connectivity index (χ1v) is 9.99. The van der Waals surface area contributed by atoms with Gasteiger partial charge in [-0.15, -0.1) is 0 Å². The highest BCUT2D eigenvalue weighted by atomic mass is 16.5. The fraction of sp³-hybridized carbons (Fsp3) is 0.950. The van der Waals surface area contributed by atoms with Crippen LogP contribution < -0.4 is 5.73 Å². The number of carbonyl (C=O) groups excluding carboxylic acids is 1. The standard InChI is InChI=1S/C20H39NO2/c1-3-4-5-8-11-17-14-15-18(16-21)19(17)12-9-6-7-10-13-20(22)23-2/h17-19H,3-16,21H2,1-2H3. The van der Waals surface area contributed by atoms with Gasteiger partial charge in [0.2, 0.25) is 0 Å². The Morgan fingerprint density at radius 2 is 1.61 bits per heavy atom. The second-order valence-corrected chi connectivity index (χ2v) is 7.38. The maximum atomic E-state index is 11.1. The molecule has 3 atom stereocenters. The van der Waals surface area contributed by atoms with E-state index < -0.39 is 0 Å². The summed E-state index contributed by atoms with van der Waals surface area (Å²) in [5.74, 6) is 2.48. The van der Waals surface area contributed by atoms with Crippen LogP contribution in [0.4, 0.5) is 0 Å². The highest BCUT2D eigenvalue weighted by Gasteiger charge is 2.33. The molecule has 0 spiro atoms. The van der Waals surface area contributed by atoms with Crippen LogP contribution in [0.25, 0.3) is 0 Å². The van der Waals surface area contributed by atoms with E-state index in [1.807, 2.05) is 0 Å². The van der Waals surface area contributed by atoms with Crippen LogP contribution in [0.3, 0.4) is 0 Å². The molecule has 0 radical (unpaired) electrons. The molecule has 0 heterocycles. The maximum absolute atomic E-state index is 11.1. The molecule has 0 bridgehead atoms. The number of unbranched alkanes of at least 4 members (excludes halogenated alkanes) is 6. The van der Waals surface area contributed by atoms with Crippen molar-refractivity contribution in [1.82, 2.24) is 0 Å². The van der Waals surface area contributed by atoms with Gasteiger partial charge in [0.15, 0.2) is 0 Å². The molecule has 3 nitrogen and oxygen atoms in total. The lowest BCUT2D eigenvalue weighted by Gasteiger charge is -2.24. The second kappa shape index (κ2) is 12.8. The van der Waals surface area contributed by atoms with Crippen molar-refractivity contribution in [3.8, 4) is 0 Å². The van der Waals surface area contributed by atoms with E-state index in [0.717, 1.165) is 37.1 Å². The van der Waals surface area contributed by atoms with E-state index in [0.29, 0.717) is 6.42 Å². The summed E-state index contributed by atoms with van der Waals surface area (Å²) in [6.45, 7) is 3.15. The smallest absolute Gasteiger partial charge is 0.305 e. The van der Waals surface area contributed by atoms with Gasteiger partial charge >= 0.3 is 5.97 Å². The summed E-state index contributed by atoms with van der Waals surface area (Å²) in [6, 6.07) is 0. The first kappa shape index (κ1) is 20.5. The van der Waals surface area contributed by atoms with Crippen molar-refractivity contribution in [2.45, 2.75) is 90.4 Å². The van der Waals surface area contributed by atoms with Gasteiger partial charge in [0.05, 0.1) is 7.11 Å². The van der Waals surface area contributed by atoms with Crippen LogP contribution in [0, 0.1) is 17.8 Å². The summed E-state index contributed by atoms with van der Waals surface area (Å²) in [5.41, 5.74) is 6.01. The topological polar surface area (TPSA) is 52.3 Å². The van der Waals surface area contributed by atoms with E-state index >= 15 is 0 Å². The molecule has 1 aliphatic rings. The molecule has 0 aliphatic heterocycles. The summed E-state index contributed by atoms with van der Waals surface area (Å²) in [6.07, 6.45) is 16.3. The normalized spacial score (nSPS) is 24.0. The SMILES string of the molecule is CCCCCCC1CCC(CN)C1CCCCCCC(=O)OC. The van der Waals surface area contributed by atoms with Crippen LogP contribution in [-0.4, -0.2) is 19.6 Å². The van der Waals surface area contributed by atoms with Gasteiger partial charge < -0.3 is 10.5 Å². The molecule has 1 rings (SSSR count). The van der Waals surface area contributed by atoms with Gasteiger partial charge in [0.25, 0.3) is 0 Å². The van der Waals surface area contributed by atoms with Crippen molar-refractivity contribution < 1.29 is 9.53 Å². The molecule has 2 N–H and O–H groups in total. The van der Waals surface area contributed by atoms with E-state index in [9.17, 15) is 4.79 Å². The van der Waals surface area contributed by atoms with E-state index in [1.165, 1.54) is 71.3 Å². The number of rotatable bonds is 13. The number of nitrogens with two attached hydrogens (primary N) is 1. The summed E-state index contributed by atoms with van der Waals surface area (Å²) in [7, 11) is 1.47. The first-order valence-electron chi connectivity index (χ1n) is 9.99. The molecule has 0 saturated heterocycles. The van der Waals surface area contributed by atoms with Gasteiger partial charge in [-0.05, 0) is 50.0 Å². The highest BCUT2D eigenvalue weighted by molar-refractivity contribution is 5.68. The van der Waals surface area contributed by atoms with Crippen LogP contribution in [0.2, 0.25) is 0 Å². The third kappa shape index (κ3) is 8.19. The monoisotopic (exact) mass is 325 g/mol. The third-order valence-electron chi connectivity index (χ3n) is 5.75. The van der Waals surface area contributed by atoms with Crippen molar-refractivity contribution >= 4 is 5.97 Å². The number of methoxy groups -OCH3 is 1. The molecule has 3 unspecified atom stereocenters. The third-order valence-corrected chi connectivity index (χ3v) is 5.75. The highest BCUT2D eigenvalue weighted by Crippen LogP contribution is 2.42. The van der Waals surface area contributed by atoms with Crippen molar-refractivity contribution in [3.63, 3.8) is 0 Å². The Hall–Kier alpha value is -0.570. The molecule has 136 valence electrons. The van der Waals surface area contributed by atoms with Crippen LogP contribution in [0.5, 0.6) is 0 Å². The molecule has 1 aliphatic carbocycles. The lowest BCUT2D eigenvalue weighted by Crippen LogP contribution is -2.22. The summed E-state index contributed by atoms with van der Waals surface area (Å²) < 4.78 is 4.68. The molecule has 0 aromatic rings. The zero-order valence-electron chi connectivity index (χ0n) is 15.5. The van der Waals surface area contributed by atoms with Crippen molar-refractivity contribution in [2.24, 2.45) is 23.5 Å². The number of carbonyl (C=O) groups is 1. The fourth-order valence-electron chi connectivity index (χ4n) is 4.30. The lowest BCUT2D eigenvalue weighted by atomic mass is 9.82. The van der Waals surface area contributed by atoms with Gasteiger partial charge in [-0.1, -0.05) is 58.3 Å². The van der Waals surface area contributed by atoms with Gasteiger partial charge in [-0.3, -0.25) is 4.79 Å². The Kier molecular flexibility index (Phi) is 11.4. The average Bonchev–Trinajstić information content (AvgIpc) is 2.96. The number of hydrogen-bond donors (Lipinski definition) is 1. The summed E-state index contributed by atoms with van der Waals surface area (Å²) in [5, 5.41) is 0. The van der Waals surface area contributed by atoms with Gasteiger partial charge in [-0.25, -0.2) is 0 Å². The predicted molar refractivity (Wildman–Crippen MR) is 97.2 cm³/mol. The minimum atomic E-state index is -0.0730.